The van der Waals surface area contributed by atoms with Crippen LogP contribution in [0.5, 0.6) is 0 Å². The highest BCUT2D eigenvalue weighted by Gasteiger charge is 2.29. The van der Waals surface area contributed by atoms with Crippen LogP contribution in [-0.4, -0.2) is 25.2 Å². The maximum absolute atomic E-state index is 12.0. The molecule has 1 saturated carbocycles. The molecule has 3 nitrogen and oxygen atoms in total. The van der Waals surface area contributed by atoms with E-state index in [0.717, 1.165) is 44.7 Å². The molecule has 1 aliphatic carbocycles. The van der Waals surface area contributed by atoms with Crippen LogP contribution in [0.2, 0.25) is 0 Å². The Morgan fingerprint density at radius 1 is 1.06 bits per heavy atom. The largest absolute Gasteiger partial charge is 0.462 e. The number of hydrogen-bond acceptors (Lipinski definition) is 3. The monoisotopic (exact) mass is 239 g/mol. The highest BCUT2D eigenvalue weighted by atomic mass is 16.5. The number of nitrogens with one attached hydrogen (secondary N) is 1. The molecule has 0 aromatic carbocycles. The van der Waals surface area contributed by atoms with Crippen molar-refractivity contribution in [2.75, 3.05) is 13.1 Å². The lowest BCUT2D eigenvalue weighted by atomic mass is 9.80. The number of carbonyl (C=O) groups is 1. The number of rotatable bonds is 2. The molecule has 3 unspecified atom stereocenters. The molecule has 3 atom stereocenters. The molecule has 1 saturated heterocycles. The van der Waals surface area contributed by atoms with E-state index in [1.165, 1.54) is 6.42 Å². The maximum Gasteiger partial charge on any atom is 0.309 e. The van der Waals surface area contributed by atoms with Gasteiger partial charge in [-0.2, -0.15) is 0 Å². The Bertz CT molecular complexity index is 261. The molecule has 2 fully saturated rings. The second-order valence-electron chi connectivity index (χ2n) is 5.85. The Kier molecular flexibility index (Phi) is 4.43. The third-order valence-electron chi connectivity index (χ3n) is 4.51. The lowest BCUT2D eigenvalue weighted by Crippen LogP contribution is -2.36. The first-order chi connectivity index (χ1) is 8.16. The summed E-state index contributed by atoms with van der Waals surface area (Å²) < 4.78 is 5.68. The lowest BCUT2D eigenvalue weighted by Gasteiger charge is -2.33. The summed E-state index contributed by atoms with van der Waals surface area (Å²) in [5, 5.41) is 3.28. The van der Waals surface area contributed by atoms with Crippen molar-refractivity contribution in [3.8, 4) is 0 Å². The van der Waals surface area contributed by atoms with Gasteiger partial charge in [0.2, 0.25) is 0 Å². The van der Waals surface area contributed by atoms with E-state index >= 15 is 0 Å². The molecule has 1 aliphatic heterocycles. The van der Waals surface area contributed by atoms with Crippen molar-refractivity contribution in [2.45, 2.75) is 52.1 Å². The second kappa shape index (κ2) is 5.85. The zero-order valence-electron chi connectivity index (χ0n) is 11.1. The molecule has 0 spiro atoms. The van der Waals surface area contributed by atoms with Crippen LogP contribution in [0.15, 0.2) is 0 Å². The van der Waals surface area contributed by atoms with Gasteiger partial charge in [-0.15, -0.1) is 0 Å². The summed E-state index contributed by atoms with van der Waals surface area (Å²) in [6.45, 7) is 6.49. The summed E-state index contributed by atoms with van der Waals surface area (Å²) in [4.78, 5) is 12.0. The highest BCUT2D eigenvalue weighted by molar-refractivity contribution is 5.72. The molecule has 17 heavy (non-hydrogen) atoms. The lowest BCUT2D eigenvalue weighted by molar-refractivity contribution is -0.157. The third-order valence-corrected chi connectivity index (χ3v) is 4.51. The van der Waals surface area contributed by atoms with Gasteiger partial charge in [0, 0.05) is 0 Å². The van der Waals surface area contributed by atoms with Gasteiger partial charge >= 0.3 is 5.97 Å². The van der Waals surface area contributed by atoms with Crippen molar-refractivity contribution < 1.29 is 9.53 Å². The van der Waals surface area contributed by atoms with Crippen LogP contribution in [0, 0.1) is 17.8 Å². The first-order valence-electron chi connectivity index (χ1n) is 7.08. The predicted octanol–water partition coefficient (Wildman–Crippen LogP) is 2.35. The molecular weight excluding hydrogens is 214 g/mol. The smallest absolute Gasteiger partial charge is 0.309 e. The molecule has 0 bridgehead atoms. The predicted molar refractivity (Wildman–Crippen MR) is 67.7 cm³/mol. The van der Waals surface area contributed by atoms with Gasteiger partial charge in [0.15, 0.2) is 0 Å². The van der Waals surface area contributed by atoms with E-state index in [9.17, 15) is 4.79 Å². The van der Waals surface area contributed by atoms with Crippen LogP contribution >= 0.6 is 0 Å². The fourth-order valence-electron chi connectivity index (χ4n) is 2.92. The Hall–Kier alpha value is -0.570. The van der Waals surface area contributed by atoms with Crippen molar-refractivity contribution in [3.63, 3.8) is 0 Å². The van der Waals surface area contributed by atoms with Crippen LogP contribution in [0.4, 0.5) is 0 Å². The quantitative estimate of drug-likeness (QED) is 0.752. The summed E-state index contributed by atoms with van der Waals surface area (Å²) >= 11 is 0. The molecule has 0 amide bonds. The summed E-state index contributed by atoms with van der Waals surface area (Å²) in [6, 6.07) is 0. The highest BCUT2D eigenvalue weighted by Crippen LogP contribution is 2.31. The van der Waals surface area contributed by atoms with Crippen LogP contribution in [0.1, 0.15) is 46.0 Å². The van der Waals surface area contributed by atoms with E-state index in [2.05, 4.69) is 19.2 Å². The van der Waals surface area contributed by atoms with Gasteiger partial charge in [-0.25, -0.2) is 0 Å². The molecule has 98 valence electrons. The van der Waals surface area contributed by atoms with E-state index in [1.54, 1.807) is 0 Å². The standard InChI is InChI=1S/C14H25NO2/c1-10-3-4-13(9-11(10)2)17-14(16)12-5-7-15-8-6-12/h10-13,15H,3-9H2,1-2H3. The van der Waals surface area contributed by atoms with Crippen molar-refractivity contribution in [1.82, 2.24) is 5.32 Å². The Morgan fingerprint density at radius 2 is 1.76 bits per heavy atom. The molecule has 1 N–H and O–H groups in total. The first kappa shape index (κ1) is 12.9. The number of hydrogen-bond donors (Lipinski definition) is 1. The van der Waals surface area contributed by atoms with Gasteiger partial charge < -0.3 is 10.1 Å². The average Bonchev–Trinajstić information content (AvgIpc) is 2.35. The van der Waals surface area contributed by atoms with Crippen LogP contribution in [-0.2, 0) is 9.53 Å². The Balaban J connectivity index is 1.78. The van der Waals surface area contributed by atoms with E-state index in [-0.39, 0.29) is 18.0 Å². The maximum atomic E-state index is 12.0. The summed E-state index contributed by atoms with van der Waals surface area (Å²) in [5.74, 6) is 1.67. The first-order valence-corrected chi connectivity index (χ1v) is 7.08. The molecular formula is C14H25NO2. The van der Waals surface area contributed by atoms with E-state index in [1.807, 2.05) is 0 Å². The summed E-state index contributed by atoms with van der Waals surface area (Å²) in [6.07, 6.45) is 5.38. The van der Waals surface area contributed by atoms with Gasteiger partial charge in [0.1, 0.15) is 6.10 Å². The van der Waals surface area contributed by atoms with E-state index in [0.29, 0.717) is 5.92 Å². The van der Waals surface area contributed by atoms with E-state index in [4.69, 9.17) is 4.74 Å². The average molecular weight is 239 g/mol. The van der Waals surface area contributed by atoms with Crippen molar-refractivity contribution in [3.05, 3.63) is 0 Å². The summed E-state index contributed by atoms with van der Waals surface area (Å²) in [5.41, 5.74) is 0. The van der Waals surface area contributed by atoms with Crippen LogP contribution < -0.4 is 5.32 Å². The zero-order chi connectivity index (χ0) is 12.3. The molecule has 2 aliphatic rings. The van der Waals surface area contributed by atoms with Crippen LogP contribution in [0.25, 0.3) is 0 Å². The molecule has 0 aromatic heterocycles. The van der Waals surface area contributed by atoms with E-state index < -0.39 is 0 Å². The molecule has 0 radical (unpaired) electrons. The van der Waals surface area contributed by atoms with Crippen molar-refractivity contribution in [1.29, 1.82) is 0 Å². The molecule has 0 aromatic rings. The number of carbonyl (C=O) groups excluding carboxylic acids is 1. The fourth-order valence-corrected chi connectivity index (χ4v) is 2.92. The fraction of sp³-hybridized carbons (Fsp3) is 0.929. The minimum atomic E-state index is 0.0539. The third kappa shape index (κ3) is 3.44. The molecule has 1 heterocycles. The summed E-state index contributed by atoms with van der Waals surface area (Å²) in [7, 11) is 0. The number of esters is 1. The van der Waals surface area contributed by atoms with Gasteiger partial charge in [-0.05, 0) is 57.0 Å². The number of piperidine rings is 1. The van der Waals surface area contributed by atoms with Crippen molar-refractivity contribution in [2.24, 2.45) is 17.8 Å². The van der Waals surface area contributed by atoms with Crippen molar-refractivity contribution >= 4 is 5.97 Å². The van der Waals surface area contributed by atoms with Gasteiger partial charge in [-0.3, -0.25) is 4.79 Å². The normalized spacial score (nSPS) is 35.5. The Labute approximate surface area is 104 Å². The minimum Gasteiger partial charge on any atom is -0.462 e. The SMILES string of the molecule is CC1CCC(OC(=O)C2CCNCC2)CC1C. The van der Waals surface area contributed by atoms with Gasteiger partial charge in [0.05, 0.1) is 5.92 Å². The number of ether oxygens (including phenoxy) is 1. The Morgan fingerprint density at radius 3 is 2.41 bits per heavy atom. The molecule has 3 heteroatoms. The second-order valence-corrected chi connectivity index (χ2v) is 5.85. The van der Waals surface area contributed by atoms with Crippen LogP contribution in [0.3, 0.4) is 0 Å². The van der Waals surface area contributed by atoms with Gasteiger partial charge in [0.25, 0.3) is 0 Å². The minimum absolute atomic E-state index is 0.0539. The zero-order valence-corrected chi connectivity index (χ0v) is 11.1. The van der Waals surface area contributed by atoms with Gasteiger partial charge in [-0.1, -0.05) is 13.8 Å². The molecule has 2 rings (SSSR count). The topological polar surface area (TPSA) is 38.3 Å².